The highest BCUT2D eigenvalue weighted by Crippen LogP contribution is 2.10. The molecule has 1 N–H and O–H groups in total. The smallest absolute Gasteiger partial charge is 0.270 e. The fourth-order valence-electron chi connectivity index (χ4n) is 2.14. The van der Waals surface area contributed by atoms with Gasteiger partial charge < -0.3 is 5.32 Å². The van der Waals surface area contributed by atoms with Crippen molar-refractivity contribution in [2.24, 2.45) is 0 Å². The number of carbonyl (C=O) groups is 1. The molecule has 1 aromatic heterocycles. The highest BCUT2D eigenvalue weighted by Gasteiger charge is 2.11. The van der Waals surface area contributed by atoms with Crippen LogP contribution in [0.25, 0.3) is 5.69 Å². The Labute approximate surface area is 134 Å². The Kier molecular flexibility index (Phi) is 4.51. The molecule has 1 amide bonds. The number of hydrogen-bond donors (Lipinski definition) is 1. The Balaban J connectivity index is 1.66. The maximum Gasteiger partial charge on any atom is 0.270 e. The number of amides is 1. The summed E-state index contributed by atoms with van der Waals surface area (Å²) in [6, 6.07) is 19.3. The molecule has 0 bridgehead atoms. The molecule has 0 atom stereocenters. The van der Waals surface area contributed by atoms with Crippen LogP contribution in [0.3, 0.4) is 0 Å². The Morgan fingerprint density at radius 2 is 1.74 bits per heavy atom. The molecule has 4 nitrogen and oxygen atoms in total. The molecule has 4 heteroatoms. The molecule has 3 aromatic rings. The van der Waals surface area contributed by atoms with Gasteiger partial charge in [0.1, 0.15) is 5.69 Å². The number of aromatic nitrogens is 2. The summed E-state index contributed by atoms with van der Waals surface area (Å²) in [5, 5.41) is 2.79. The standard InChI is InChI=1S/C19H15N3O/c23-19(21-13-7-10-16-8-3-1-4-9-16)18-14-20-15-22(18)17-11-5-2-6-12-17/h1-6,8-9,11-12,14-15H,13H2,(H,21,23). The largest absolute Gasteiger partial charge is 0.340 e. The third kappa shape index (κ3) is 3.66. The van der Waals surface area contributed by atoms with Crippen molar-refractivity contribution in [1.82, 2.24) is 14.9 Å². The molecule has 0 radical (unpaired) electrons. The van der Waals surface area contributed by atoms with Gasteiger partial charge in [-0.05, 0) is 24.3 Å². The maximum atomic E-state index is 12.3. The van der Waals surface area contributed by atoms with Gasteiger partial charge in [-0.25, -0.2) is 4.98 Å². The Morgan fingerprint density at radius 1 is 1.04 bits per heavy atom. The van der Waals surface area contributed by atoms with Crippen LogP contribution in [0.15, 0.2) is 73.2 Å². The minimum atomic E-state index is -0.200. The van der Waals surface area contributed by atoms with Crippen LogP contribution >= 0.6 is 0 Å². The predicted octanol–water partition coefficient (Wildman–Crippen LogP) is 2.65. The molecule has 0 fully saturated rings. The summed E-state index contributed by atoms with van der Waals surface area (Å²) in [5.41, 5.74) is 2.30. The zero-order valence-electron chi connectivity index (χ0n) is 12.4. The summed E-state index contributed by atoms with van der Waals surface area (Å²) in [4.78, 5) is 16.3. The van der Waals surface area contributed by atoms with E-state index in [-0.39, 0.29) is 12.5 Å². The number of carbonyl (C=O) groups excluding carboxylic acids is 1. The molecule has 23 heavy (non-hydrogen) atoms. The van der Waals surface area contributed by atoms with E-state index in [0.29, 0.717) is 5.69 Å². The highest BCUT2D eigenvalue weighted by molar-refractivity contribution is 5.93. The number of benzene rings is 2. The van der Waals surface area contributed by atoms with Crippen LogP contribution in [-0.4, -0.2) is 22.0 Å². The zero-order valence-corrected chi connectivity index (χ0v) is 12.4. The summed E-state index contributed by atoms with van der Waals surface area (Å²) < 4.78 is 1.75. The first kappa shape index (κ1) is 14.6. The number of nitrogens with one attached hydrogen (secondary N) is 1. The molecule has 3 rings (SSSR count). The summed E-state index contributed by atoms with van der Waals surface area (Å²) in [6.45, 7) is 0.285. The molecule has 0 saturated heterocycles. The number of hydrogen-bond acceptors (Lipinski definition) is 2. The minimum absolute atomic E-state index is 0.200. The summed E-state index contributed by atoms with van der Waals surface area (Å²) >= 11 is 0. The quantitative estimate of drug-likeness (QED) is 0.756. The molecule has 0 saturated carbocycles. The topological polar surface area (TPSA) is 46.9 Å². The van der Waals surface area contributed by atoms with E-state index in [1.165, 1.54) is 0 Å². The van der Waals surface area contributed by atoms with E-state index in [1.807, 2.05) is 60.7 Å². The second-order valence-electron chi connectivity index (χ2n) is 4.83. The Bertz CT molecular complexity index is 842. The number of imidazole rings is 1. The van der Waals surface area contributed by atoms with Crippen molar-refractivity contribution in [3.05, 3.63) is 84.4 Å². The second kappa shape index (κ2) is 7.10. The van der Waals surface area contributed by atoms with Gasteiger partial charge in [-0.1, -0.05) is 48.2 Å². The lowest BCUT2D eigenvalue weighted by Gasteiger charge is -2.07. The minimum Gasteiger partial charge on any atom is -0.340 e. The third-order valence-corrected chi connectivity index (χ3v) is 3.25. The lowest BCUT2D eigenvalue weighted by Crippen LogP contribution is -2.25. The summed E-state index contributed by atoms with van der Waals surface area (Å²) in [6.07, 6.45) is 3.17. The lowest BCUT2D eigenvalue weighted by atomic mass is 10.2. The number of para-hydroxylation sites is 1. The fourth-order valence-corrected chi connectivity index (χ4v) is 2.14. The molecule has 0 aliphatic carbocycles. The molecule has 112 valence electrons. The average Bonchev–Trinajstić information content (AvgIpc) is 3.10. The van der Waals surface area contributed by atoms with Crippen molar-refractivity contribution >= 4 is 5.91 Å². The van der Waals surface area contributed by atoms with Crippen LogP contribution < -0.4 is 5.32 Å². The number of rotatable bonds is 3. The average molecular weight is 301 g/mol. The second-order valence-corrected chi connectivity index (χ2v) is 4.83. The monoisotopic (exact) mass is 301 g/mol. The highest BCUT2D eigenvalue weighted by atomic mass is 16.1. The van der Waals surface area contributed by atoms with E-state index >= 15 is 0 Å². The molecule has 0 spiro atoms. The molecule has 0 aliphatic rings. The molecule has 0 unspecified atom stereocenters. The van der Waals surface area contributed by atoms with Gasteiger partial charge in [-0.3, -0.25) is 9.36 Å². The lowest BCUT2D eigenvalue weighted by molar-refractivity contribution is 0.0952. The van der Waals surface area contributed by atoms with Gasteiger partial charge in [0.25, 0.3) is 5.91 Å². The van der Waals surface area contributed by atoms with Crippen molar-refractivity contribution in [2.45, 2.75) is 0 Å². The Morgan fingerprint density at radius 3 is 2.48 bits per heavy atom. The van der Waals surface area contributed by atoms with Crippen LogP contribution in [0.1, 0.15) is 16.1 Å². The van der Waals surface area contributed by atoms with E-state index in [9.17, 15) is 4.79 Å². The van der Waals surface area contributed by atoms with Gasteiger partial charge in [-0.15, -0.1) is 0 Å². The third-order valence-electron chi connectivity index (χ3n) is 3.25. The van der Waals surface area contributed by atoms with Crippen molar-refractivity contribution in [1.29, 1.82) is 0 Å². The van der Waals surface area contributed by atoms with E-state index in [0.717, 1.165) is 11.3 Å². The van der Waals surface area contributed by atoms with Crippen molar-refractivity contribution in [2.75, 3.05) is 6.54 Å². The van der Waals surface area contributed by atoms with E-state index < -0.39 is 0 Å². The van der Waals surface area contributed by atoms with Gasteiger partial charge >= 0.3 is 0 Å². The fraction of sp³-hybridized carbons (Fsp3) is 0.0526. The van der Waals surface area contributed by atoms with Gasteiger partial charge in [0.2, 0.25) is 0 Å². The zero-order chi connectivity index (χ0) is 15.9. The summed E-state index contributed by atoms with van der Waals surface area (Å²) in [7, 11) is 0. The SMILES string of the molecule is O=C(NCC#Cc1ccccc1)c1cncn1-c1ccccc1. The van der Waals surface area contributed by atoms with Gasteiger partial charge in [-0.2, -0.15) is 0 Å². The van der Waals surface area contributed by atoms with E-state index in [4.69, 9.17) is 0 Å². The molecule has 0 aliphatic heterocycles. The Hall–Kier alpha value is -3.32. The van der Waals surface area contributed by atoms with E-state index in [2.05, 4.69) is 22.1 Å². The van der Waals surface area contributed by atoms with Crippen LogP contribution in [0.2, 0.25) is 0 Å². The van der Waals surface area contributed by atoms with Crippen molar-refractivity contribution in [3.63, 3.8) is 0 Å². The normalized spacial score (nSPS) is 9.74. The van der Waals surface area contributed by atoms with Gasteiger partial charge in [0, 0.05) is 11.3 Å². The molecular weight excluding hydrogens is 286 g/mol. The van der Waals surface area contributed by atoms with Gasteiger partial charge in [0.05, 0.1) is 19.1 Å². The molecule has 1 heterocycles. The van der Waals surface area contributed by atoms with Crippen molar-refractivity contribution in [3.8, 4) is 17.5 Å². The summed E-state index contributed by atoms with van der Waals surface area (Å²) in [5.74, 6) is 5.75. The predicted molar refractivity (Wildman–Crippen MR) is 89.2 cm³/mol. The van der Waals surface area contributed by atoms with Gasteiger partial charge in [0.15, 0.2) is 0 Å². The van der Waals surface area contributed by atoms with Crippen LogP contribution in [0.4, 0.5) is 0 Å². The first-order valence-electron chi connectivity index (χ1n) is 7.24. The molecular formula is C19H15N3O. The first-order chi connectivity index (χ1) is 11.3. The van der Waals surface area contributed by atoms with Crippen LogP contribution in [0, 0.1) is 11.8 Å². The first-order valence-corrected chi connectivity index (χ1v) is 7.24. The van der Waals surface area contributed by atoms with Crippen molar-refractivity contribution < 1.29 is 4.79 Å². The molecule has 2 aromatic carbocycles. The van der Waals surface area contributed by atoms with Crippen LogP contribution in [0.5, 0.6) is 0 Å². The van der Waals surface area contributed by atoms with Crippen LogP contribution in [-0.2, 0) is 0 Å². The maximum absolute atomic E-state index is 12.3. The number of nitrogens with zero attached hydrogens (tertiary/aromatic N) is 2. The van der Waals surface area contributed by atoms with E-state index in [1.54, 1.807) is 17.1 Å².